The number of rotatable bonds is 9. The first-order chi connectivity index (χ1) is 15.2. The molecule has 0 N–H and O–H groups in total. The van der Waals surface area contributed by atoms with Crippen LogP contribution in [0.25, 0.3) is 11.3 Å². The van der Waals surface area contributed by atoms with E-state index in [-0.39, 0.29) is 5.78 Å². The summed E-state index contributed by atoms with van der Waals surface area (Å²) in [7, 11) is 0. The highest BCUT2D eigenvalue weighted by Gasteiger charge is 2.16. The first kappa shape index (κ1) is 21.5. The monoisotopic (exact) mass is 443 g/mol. The number of hydrogen-bond acceptors (Lipinski definition) is 4. The molecular weight excluding hydrogens is 418 g/mol. The molecule has 1 aromatic heterocycles. The molecule has 2 nitrogen and oxygen atoms in total. The quantitative estimate of drug-likeness (QED) is 0.264. The van der Waals surface area contributed by atoms with Gasteiger partial charge in [-0.2, -0.15) is 0 Å². The zero-order chi connectivity index (χ0) is 21.5. The summed E-state index contributed by atoms with van der Waals surface area (Å²) in [4.78, 5) is 20.1. The summed E-state index contributed by atoms with van der Waals surface area (Å²) in [5.74, 6) is 1.26. The van der Waals surface area contributed by atoms with Crippen LogP contribution in [0.3, 0.4) is 0 Å². The topological polar surface area (TPSA) is 30.0 Å². The number of thiazole rings is 1. The molecule has 156 valence electrons. The zero-order valence-corrected chi connectivity index (χ0v) is 19.2. The van der Waals surface area contributed by atoms with Gasteiger partial charge in [0.15, 0.2) is 0 Å². The van der Waals surface area contributed by atoms with Crippen LogP contribution in [-0.4, -0.2) is 16.5 Å². The molecule has 1 heterocycles. The lowest BCUT2D eigenvalue weighted by Crippen LogP contribution is -2.06. The van der Waals surface area contributed by atoms with Gasteiger partial charge in [-0.15, -0.1) is 23.1 Å². The number of ketones is 1. The second kappa shape index (κ2) is 10.6. The van der Waals surface area contributed by atoms with E-state index in [2.05, 4.69) is 67.6 Å². The molecule has 4 aromatic rings. The maximum atomic E-state index is 12.8. The third kappa shape index (κ3) is 5.93. The highest BCUT2D eigenvalue weighted by Crippen LogP contribution is 2.31. The third-order valence-electron chi connectivity index (χ3n) is 4.98. The average molecular weight is 444 g/mol. The number of carbonyl (C=O) groups is 1. The van der Waals surface area contributed by atoms with E-state index in [1.54, 1.807) is 11.3 Å². The molecule has 0 aliphatic heterocycles. The van der Waals surface area contributed by atoms with E-state index in [1.807, 2.05) is 36.0 Å². The highest BCUT2D eigenvalue weighted by molar-refractivity contribution is 7.99. The van der Waals surface area contributed by atoms with E-state index in [4.69, 9.17) is 4.98 Å². The fourth-order valence-electron chi connectivity index (χ4n) is 3.53. The van der Waals surface area contributed by atoms with Crippen molar-refractivity contribution in [2.45, 2.75) is 31.1 Å². The van der Waals surface area contributed by atoms with E-state index in [0.29, 0.717) is 12.8 Å². The van der Waals surface area contributed by atoms with Crippen molar-refractivity contribution < 1.29 is 4.79 Å². The summed E-state index contributed by atoms with van der Waals surface area (Å²) in [5, 5.41) is 0.896. The molecule has 4 heteroatoms. The van der Waals surface area contributed by atoms with Gasteiger partial charge in [0.05, 0.1) is 12.1 Å². The van der Waals surface area contributed by atoms with Gasteiger partial charge in [-0.1, -0.05) is 79.7 Å². The van der Waals surface area contributed by atoms with Crippen molar-refractivity contribution in [3.05, 3.63) is 106 Å². The fraction of sp³-hybridized carbons (Fsp3) is 0.185. The Morgan fingerprint density at radius 1 is 0.839 bits per heavy atom. The van der Waals surface area contributed by atoms with Crippen LogP contribution in [0.15, 0.2) is 89.8 Å². The van der Waals surface area contributed by atoms with E-state index in [9.17, 15) is 4.79 Å². The molecule has 0 fully saturated rings. The molecule has 0 spiro atoms. The number of benzene rings is 3. The van der Waals surface area contributed by atoms with E-state index >= 15 is 0 Å². The summed E-state index contributed by atoms with van der Waals surface area (Å²) in [6.07, 6.45) is 1.66. The van der Waals surface area contributed by atoms with Crippen LogP contribution in [-0.2, 0) is 24.1 Å². The number of aromatic nitrogens is 1. The molecule has 3 aromatic carbocycles. The molecule has 0 saturated carbocycles. The zero-order valence-electron chi connectivity index (χ0n) is 17.6. The summed E-state index contributed by atoms with van der Waals surface area (Å²) in [5.41, 5.74) is 4.42. The first-order valence-electron chi connectivity index (χ1n) is 10.5. The SMILES string of the molecule is CCSc1ccc(CC(=O)Cc2nc(-c3ccccc3)c(Cc3ccccc3)s2)cc1. The minimum Gasteiger partial charge on any atom is -0.299 e. The van der Waals surface area contributed by atoms with Crippen molar-refractivity contribution in [3.63, 3.8) is 0 Å². The normalized spacial score (nSPS) is 10.9. The Morgan fingerprint density at radius 3 is 2.19 bits per heavy atom. The second-order valence-electron chi connectivity index (χ2n) is 7.38. The van der Waals surface area contributed by atoms with Gasteiger partial charge in [-0.25, -0.2) is 4.98 Å². The summed E-state index contributed by atoms with van der Waals surface area (Å²) in [6.45, 7) is 2.14. The number of Topliss-reactive ketones (excluding diaryl/α,β-unsaturated/α-hetero) is 1. The van der Waals surface area contributed by atoms with Crippen LogP contribution in [0.5, 0.6) is 0 Å². The fourth-order valence-corrected chi connectivity index (χ4v) is 5.34. The number of nitrogens with zero attached hydrogens (tertiary/aromatic N) is 1. The van der Waals surface area contributed by atoms with Gasteiger partial charge in [0.1, 0.15) is 10.8 Å². The van der Waals surface area contributed by atoms with Crippen molar-refractivity contribution in [2.24, 2.45) is 0 Å². The van der Waals surface area contributed by atoms with Crippen LogP contribution in [0.1, 0.15) is 27.9 Å². The van der Waals surface area contributed by atoms with Crippen molar-refractivity contribution in [1.29, 1.82) is 0 Å². The molecule has 0 aliphatic rings. The average Bonchev–Trinajstić information content (AvgIpc) is 3.18. The largest absolute Gasteiger partial charge is 0.299 e. The molecule has 31 heavy (non-hydrogen) atoms. The van der Waals surface area contributed by atoms with E-state index in [0.717, 1.165) is 34.0 Å². The molecular formula is C27H25NOS2. The standard InChI is InChI=1S/C27H25NOS2/c1-2-30-24-15-13-21(14-16-24)17-23(29)19-26-28-27(22-11-7-4-8-12-22)25(31-26)18-20-9-5-3-6-10-20/h3-16H,2,17-19H2,1H3. The minimum atomic E-state index is 0.204. The summed E-state index contributed by atoms with van der Waals surface area (Å²) in [6, 6.07) is 29.0. The van der Waals surface area contributed by atoms with Gasteiger partial charge in [0.2, 0.25) is 0 Å². The molecule has 0 saturated heterocycles. The van der Waals surface area contributed by atoms with Crippen LogP contribution < -0.4 is 0 Å². The van der Waals surface area contributed by atoms with Crippen LogP contribution in [0.4, 0.5) is 0 Å². The molecule has 0 amide bonds. The predicted octanol–water partition coefficient (Wildman–Crippen LogP) is 6.87. The highest BCUT2D eigenvalue weighted by atomic mass is 32.2. The molecule has 0 aliphatic carbocycles. The minimum absolute atomic E-state index is 0.204. The lowest BCUT2D eigenvalue weighted by Gasteiger charge is -2.02. The maximum absolute atomic E-state index is 12.8. The number of thioether (sulfide) groups is 1. The van der Waals surface area contributed by atoms with Gasteiger partial charge < -0.3 is 0 Å². The first-order valence-corrected chi connectivity index (χ1v) is 12.3. The van der Waals surface area contributed by atoms with Gasteiger partial charge >= 0.3 is 0 Å². The summed E-state index contributed by atoms with van der Waals surface area (Å²) >= 11 is 3.48. The van der Waals surface area contributed by atoms with Crippen molar-refractivity contribution in [3.8, 4) is 11.3 Å². The van der Waals surface area contributed by atoms with E-state index < -0.39 is 0 Å². The molecule has 0 atom stereocenters. The van der Waals surface area contributed by atoms with E-state index in [1.165, 1.54) is 15.3 Å². The Kier molecular flexibility index (Phi) is 7.34. The Bertz CT molecular complexity index is 1120. The van der Waals surface area contributed by atoms with Crippen LogP contribution >= 0.6 is 23.1 Å². The lowest BCUT2D eigenvalue weighted by atomic mass is 10.1. The Labute approximate surface area is 192 Å². The lowest BCUT2D eigenvalue weighted by molar-refractivity contribution is -0.117. The van der Waals surface area contributed by atoms with Gasteiger partial charge in [0.25, 0.3) is 0 Å². The van der Waals surface area contributed by atoms with Crippen molar-refractivity contribution >= 4 is 28.9 Å². The maximum Gasteiger partial charge on any atom is 0.144 e. The van der Waals surface area contributed by atoms with Gasteiger partial charge in [0, 0.05) is 28.2 Å². The molecule has 4 rings (SSSR count). The third-order valence-corrected chi connectivity index (χ3v) is 6.93. The smallest absolute Gasteiger partial charge is 0.144 e. The Morgan fingerprint density at radius 2 is 1.52 bits per heavy atom. The van der Waals surface area contributed by atoms with Crippen molar-refractivity contribution in [1.82, 2.24) is 4.98 Å². The summed E-state index contributed by atoms with van der Waals surface area (Å²) < 4.78 is 0. The number of carbonyl (C=O) groups excluding carboxylic acids is 1. The molecule has 0 bridgehead atoms. The molecule has 0 unspecified atom stereocenters. The predicted molar refractivity (Wildman–Crippen MR) is 132 cm³/mol. The van der Waals surface area contributed by atoms with Crippen LogP contribution in [0.2, 0.25) is 0 Å². The van der Waals surface area contributed by atoms with Crippen LogP contribution in [0, 0.1) is 0 Å². The Hall–Kier alpha value is -2.69. The second-order valence-corrected chi connectivity index (χ2v) is 9.88. The van der Waals surface area contributed by atoms with Gasteiger partial charge in [-0.3, -0.25) is 4.79 Å². The Balaban J connectivity index is 1.52. The van der Waals surface area contributed by atoms with Crippen molar-refractivity contribution in [2.75, 3.05) is 5.75 Å². The van der Waals surface area contributed by atoms with Gasteiger partial charge in [-0.05, 0) is 29.0 Å². The number of hydrogen-bond donors (Lipinski definition) is 0. The molecule has 0 radical (unpaired) electrons.